The Morgan fingerprint density at radius 3 is 2.33 bits per heavy atom. The highest BCUT2D eigenvalue weighted by Gasteiger charge is 2.21. The van der Waals surface area contributed by atoms with Gasteiger partial charge >= 0.3 is 0 Å². The predicted molar refractivity (Wildman–Crippen MR) is 109 cm³/mol. The zero-order valence-corrected chi connectivity index (χ0v) is 16.4. The first-order valence-electron chi connectivity index (χ1n) is 8.74. The number of hydrogen-bond acceptors (Lipinski definition) is 4. The highest BCUT2D eigenvalue weighted by molar-refractivity contribution is 8.00. The van der Waals surface area contributed by atoms with Gasteiger partial charge in [-0.3, -0.25) is 9.59 Å². The number of hydrogen-bond donors (Lipinski definition) is 1. The number of aromatic amines is 1. The third-order valence-electron chi connectivity index (χ3n) is 4.28. The van der Waals surface area contributed by atoms with Gasteiger partial charge in [0, 0.05) is 54.7 Å². The Bertz CT molecular complexity index is 765. The van der Waals surface area contributed by atoms with E-state index >= 15 is 0 Å². The van der Waals surface area contributed by atoms with E-state index in [9.17, 15) is 9.59 Å². The predicted octanol–water partition coefficient (Wildman–Crippen LogP) is 2.17. The summed E-state index contributed by atoms with van der Waals surface area (Å²) in [6, 6.07) is 11.0. The first kappa shape index (κ1) is 19.5. The van der Waals surface area contributed by atoms with Crippen molar-refractivity contribution in [1.82, 2.24) is 4.90 Å². The third kappa shape index (κ3) is 5.87. The van der Waals surface area contributed by atoms with Crippen molar-refractivity contribution >= 4 is 46.6 Å². The van der Waals surface area contributed by atoms with E-state index in [0.717, 1.165) is 18.8 Å². The van der Waals surface area contributed by atoms with E-state index < -0.39 is 0 Å². The minimum atomic E-state index is -0.124. The van der Waals surface area contributed by atoms with Crippen molar-refractivity contribution in [2.45, 2.75) is 0 Å². The molecule has 0 atom stereocenters. The molecule has 0 radical (unpaired) electrons. The van der Waals surface area contributed by atoms with Gasteiger partial charge in [0.25, 0.3) is 0 Å². The average molecular weight is 406 g/mol. The largest absolute Gasteiger partial charge is 0.368 e. The molecule has 2 aromatic rings. The summed E-state index contributed by atoms with van der Waals surface area (Å²) in [7, 11) is 0. The van der Waals surface area contributed by atoms with Crippen molar-refractivity contribution in [3.63, 3.8) is 0 Å². The SMILES string of the molecule is O=C(CSCC(=O)N1CCN(c2cc[nH+]cc2)CC1)Nc1ccc(Cl)cc1. The molecule has 2 N–H and O–H groups in total. The molecule has 27 heavy (non-hydrogen) atoms. The van der Waals surface area contributed by atoms with Crippen LogP contribution in [-0.2, 0) is 9.59 Å². The van der Waals surface area contributed by atoms with E-state index in [1.165, 1.54) is 11.8 Å². The molecule has 2 amide bonds. The minimum absolute atomic E-state index is 0.0836. The summed E-state index contributed by atoms with van der Waals surface area (Å²) >= 11 is 7.16. The average Bonchev–Trinajstić information content (AvgIpc) is 2.70. The monoisotopic (exact) mass is 405 g/mol. The van der Waals surface area contributed by atoms with E-state index in [1.54, 1.807) is 24.3 Å². The quantitative estimate of drug-likeness (QED) is 0.799. The molecule has 0 bridgehead atoms. The standard InChI is InChI=1S/C19H21ClN4O2S/c20-15-1-3-16(4-2-15)22-18(25)13-27-14-19(26)24-11-9-23(10-12-24)17-5-7-21-8-6-17/h1-8H,9-14H2,(H,22,25)/p+1. The van der Waals surface area contributed by atoms with Gasteiger partial charge in [0.15, 0.2) is 12.4 Å². The number of carbonyl (C=O) groups excluding carboxylic acids is 2. The van der Waals surface area contributed by atoms with Gasteiger partial charge in [-0.1, -0.05) is 11.6 Å². The first-order valence-corrected chi connectivity index (χ1v) is 10.3. The Morgan fingerprint density at radius 1 is 1.00 bits per heavy atom. The van der Waals surface area contributed by atoms with Crippen LogP contribution in [0, 0.1) is 0 Å². The molecular weight excluding hydrogens is 384 g/mol. The third-order valence-corrected chi connectivity index (χ3v) is 5.45. The van der Waals surface area contributed by atoms with Gasteiger partial charge in [-0.25, -0.2) is 4.98 Å². The summed E-state index contributed by atoms with van der Waals surface area (Å²) in [5.74, 6) is 0.518. The van der Waals surface area contributed by atoms with E-state index in [1.807, 2.05) is 29.4 Å². The number of benzene rings is 1. The highest BCUT2D eigenvalue weighted by Crippen LogP contribution is 2.16. The first-order chi connectivity index (χ1) is 13.1. The van der Waals surface area contributed by atoms with Crippen LogP contribution in [0.4, 0.5) is 11.4 Å². The van der Waals surface area contributed by atoms with Crippen LogP contribution in [0.25, 0.3) is 0 Å². The Hall–Kier alpha value is -2.25. The van der Waals surface area contributed by atoms with Crippen molar-refractivity contribution in [3.8, 4) is 0 Å². The van der Waals surface area contributed by atoms with E-state index in [-0.39, 0.29) is 17.6 Å². The summed E-state index contributed by atoms with van der Waals surface area (Å²) in [6.45, 7) is 3.04. The van der Waals surface area contributed by atoms with Crippen LogP contribution in [-0.4, -0.2) is 54.4 Å². The summed E-state index contributed by atoms with van der Waals surface area (Å²) in [4.78, 5) is 31.5. The van der Waals surface area contributed by atoms with Crippen molar-refractivity contribution in [2.75, 3.05) is 47.9 Å². The lowest BCUT2D eigenvalue weighted by Crippen LogP contribution is -2.49. The second kappa shape index (κ2) is 9.62. The molecule has 1 saturated heterocycles. The van der Waals surface area contributed by atoms with Crippen LogP contribution < -0.4 is 15.2 Å². The van der Waals surface area contributed by atoms with Crippen molar-refractivity contribution in [1.29, 1.82) is 0 Å². The van der Waals surface area contributed by atoms with E-state index in [2.05, 4.69) is 15.2 Å². The maximum absolute atomic E-state index is 12.4. The lowest BCUT2D eigenvalue weighted by molar-refractivity contribution is -0.377. The van der Waals surface area contributed by atoms with Gasteiger partial charge in [-0.05, 0) is 24.3 Å². The fraction of sp³-hybridized carbons (Fsp3) is 0.316. The Kier molecular flexibility index (Phi) is 6.95. The molecule has 0 unspecified atom stereocenters. The Balaban J connectivity index is 1.36. The molecule has 0 saturated carbocycles. The number of carbonyl (C=O) groups is 2. The number of H-pyrrole nitrogens is 1. The molecule has 0 spiro atoms. The Labute approximate surface area is 167 Å². The van der Waals surface area contributed by atoms with Crippen LogP contribution in [0.2, 0.25) is 5.02 Å². The maximum Gasteiger partial charge on any atom is 0.234 e. The fourth-order valence-electron chi connectivity index (χ4n) is 2.86. The van der Waals surface area contributed by atoms with E-state index in [0.29, 0.717) is 29.6 Å². The number of aromatic nitrogens is 1. The summed E-state index contributed by atoms with van der Waals surface area (Å²) in [6.07, 6.45) is 3.80. The number of thioether (sulfide) groups is 1. The van der Waals surface area contributed by atoms with Crippen molar-refractivity contribution in [2.24, 2.45) is 0 Å². The number of rotatable bonds is 6. The molecule has 142 valence electrons. The molecule has 3 rings (SSSR count). The van der Waals surface area contributed by atoms with Crippen LogP contribution in [0.1, 0.15) is 0 Å². The van der Waals surface area contributed by atoms with Gasteiger partial charge in [0.1, 0.15) is 0 Å². The lowest BCUT2D eigenvalue weighted by atomic mass is 10.2. The van der Waals surface area contributed by atoms with Crippen LogP contribution in [0.5, 0.6) is 0 Å². The molecule has 6 nitrogen and oxygen atoms in total. The smallest absolute Gasteiger partial charge is 0.234 e. The Morgan fingerprint density at radius 2 is 1.67 bits per heavy atom. The normalized spacial score (nSPS) is 14.1. The number of anilines is 2. The molecule has 1 aromatic heterocycles. The molecule has 2 heterocycles. The van der Waals surface area contributed by atoms with Crippen LogP contribution in [0.15, 0.2) is 48.8 Å². The van der Waals surface area contributed by atoms with Gasteiger partial charge in [-0.2, -0.15) is 0 Å². The van der Waals surface area contributed by atoms with Gasteiger partial charge in [0.05, 0.1) is 11.5 Å². The number of pyridine rings is 1. The van der Waals surface area contributed by atoms with Gasteiger partial charge in [0.2, 0.25) is 11.8 Å². The molecule has 8 heteroatoms. The summed E-state index contributed by atoms with van der Waals surface area (Å²) < 4.78 is 0. The van der Waals surface area contributed by atoms with Crippen molar-refractivity contribution in [3.05, 3.63) is 53.8 Å². The van der Waals surface area contributed by atoms with E-state index in [4.69, 9.17) is 11.6 Å². The number of nitrogens with one attached hydrogen (secondary N) is 2. The van der Waals surface area contributed by atoms with Gasteiger partial charge < -0.3 is 15.1 Å². The maximum atomic E-state index is 12.4. The van der Waals surface area contributed by atoms with Crippen LogP contribution in [0.3, 0.4) is 0 Å². The zero-order valence-electron chi connectivity index (χ0n) is 14.9. The van der Waals surface area contributed by atoms with Crippen molar-refractivity contribution < 1.29 is 14.6 Å². The summed E-state index contributed by atoms with van der Waals surface area (Å²) in [5, 5.41) is 3.42. The number of halogens is 1. The number of piperazine rings is 1. The molecule has 1 aliphatic rings. The van der Waals surface area contributed by atoms with Crippen LogP contribution >= 0.6 is 23.4 Å². The zero-order chi connectivity index (χ0) is 19.1. The minimum Gasteiger partial charge on any atom is -0.368 e. The second-order valence-corrected chi connectivity index (χ2v) is 7.60. The topological polar surface area (TPSA) is 66.8 Å². The second-order valence-electron chi connectivity index (χ2n) is 6.17. The molecule has 0 aliphatic carbocycles. The molecule has 1 aromatic carbocycles. The fourth-order valence-corrected chi connectivity index (χ4v) is 3.70. The molecule has 1 aliphatic heterocycles. The molecule has 1 fully saturated rings. The summed E-state index contributed by atoms with van der Waals surface area (Å²) in [5.41, 5.74) is 1.86. The lowest BCUT2D eigenvalue weighted by Gasteiger charge is -2.35. The number of nitrogens with zero attached hydrogens (tertiary/aromatic N) is 2. The molecular formula is C19H22ClN4O2S+. The van der Waals surface area contributed by atoms with Gasteiger partial charge in [-0.15, -0.1) is 11.8 Å². The highest BCUT2D eigenvalue weighted by atomic mass is 35.5. The number of amides is 2.